The van der Waals surface area contributed by atoms with Crippen molar-refractivity contribution in [1.82, 2.24) is 4.90 Å². The predicted molar refractivity (Wildman–Crippen MR) is 67.5 cm³/mol. The standard InChI is InChI=1S/C14H21NO4/c1-14(5-2-6-19-14)13(18)15-7-10(9-3-4-9)11(8-15)12(16)17/h9-11H,2-8H2,1H3,(H,16,17)/t10-,11+,14?/m1/s1. The lowest BCUT2D eigenvalue weighted by Gasteiger charge is -2.28. The van der Waals surface area contributed by atoms with Gasteiger partial charge in [0.15, 0.2) is 0 Å². The van der Waals surface area contributed by atoms with Crippen LogP contribution in [0.15, 0.2) is 0 Å². The van der Waals surface area contributed by atoms with Crippen LogP contribution in [0.25, 0.3) is 0 Å². The van der Waals surface area contributed by atoms with Crippen molar-refractivity contribution in [1.29, 1.82) is 0 Å². The monoisotopic (exact) mass is 267 g/mol. The molecule has 2 saturated heterocycles. The Balaban J connectivity index is 1.72. The van der Waals surface area contributed by atoms with Gasteiger partial charge in [-0.25, -0.2) is 0 Å². The molecule has 1 aliphatic carbocycles. The highest BCUT2D eigenvalue weighted by atomic mass is 16.5. The molecule has 5 heteroatoms. The van der Waals surface area contributed by atoms with Gasteiger partial charge in [0.05, 0.1) is 5.92 Å². The zero-order valence-electron chi connectivity index (χ0n) is 11.3. The lowest BCUT2D eigenvalue weighted by molar-refractivity contribution is -0.150. The van der Waals surface area contributed by atoms with E-state index in [1.165, 1.54) is 0 Å². The number of likely N-dealkylation sites (tertiary alicyclic amines) is 1. The molecule has 1 saturated carbocycles. The van der Waals surface area contributed by atoms with Gasteiger partial charge in [-0.05, 0) is 44.4 Å². The molecule has 3 atom stereocenters. The van der Waals surface area contributed by atoms with Crippen LogP contribution in [0.4, 0.5) is 0 Å². The maximum Gasteiger partial charge on any atom is 0.308 e. The van der Waals surface area contributed by atoms with Crippen molar-refractivity contribution in [3.8, 4) is 0 Å². The van der Waals surface area contributed by atoms with Crippen LogP contribution in [-0.4, -0.2) is 47.2 Å². The van der Waals surface area contributed by atoms with Crippen LogP contribution in [0.5, 0.6) is 0 Å². The maximum absolute atomic E-state index is 12.5. The zero-order chi connectivity index (χ0) is 13.6. The van der Waals surface area contributed by atoms with Gasteiger partial charge in [0.25, 0.3) is 5.91 Å². The second-order valence-corrected chi connectivity index (χ2v) is 6.34. The molecule has 19 heavy (non-hydrogen) atoms. The molecule has 0 aromatic carbocycles. The van der Waals surface area contributed by atoms with Crippen LogP contribution in [0.2, 0.25) is 0 Å². The van der Waals surface area contributed by atoms with Gasteiger partial charge in [0.1, 0.15) is 5.60 Å². The van der Waals surface area contributed by atoms with Crippen molar-refractivity contribution in [3.05, 3.63) is 0 Å². The minimum atomic E-state index is -0.760. The number of hydrogen-bond donors (Lipinski definition) is 1. The van der Waals surface area contributed by atoms with Crippen LogP contribution in [-0.2, 0) is 14.3 Å². The molecular formula is C14H21NO4. The molecule has 1 amide bonds. The molecule has 0 bridgehead atoms. The summed E-state index contributed by atoms with van der Waals surface area (Å²) in [5, 5.41) is 9.32. The highest BCUT2D eigenvalue weighted by Gasteiger charge is 2.50. The van der Waals surface area contributed by atoms with E-state index < -0.39 is 11.6 Å². The molecule has 3 aliphatic rings. The Kier molecular flexibility index (Phi) is 3.04. The van der Waals surface area contributed by atoms with E-state index in [1.54, 1.807) is 4.90 Å². The predicted octanol–water partition coefficient (Wildman–Crippen LogP) is 1.12. The third kappa shape index (κ3) is 2.24. The number of rotatable bonds is 3. The molecule has 0 aromatic rings. The van der Waals surface area contributed by atoms with Crippen LogP contribution >= 0.6 is 0 Å². The Morgan fingerprint density at radius 2 is 2.05 bits per heavy atom. The van der Waals surface area contributed by atoms with Gasteiger partial charge < -0.3 is 14.7 Å². The molecule has 0 spiro atoms. The Morgan fingerprint density at radius 3 is 2.58 bits per heavy atom. The Labute approximate surface area is 112 Å². The smallest absolute Gasteiger partial charge is 0.308 e. The summed E-state index contributed by atoms with van der Waals surface area (Å²) in [6, 6.07) is 0. The summed E-state index contributed by atoms with van der Waals surface area (Å²) in [6.45, 7) is 3.42. The van der Waals surface area contributed by atoms with Gasteiger partial charge in [0.2, 0.25) is 0 Å². The number of carboxylic acid groups (broad SMARTS) is 1. The number of amides is 1. The van der Waals surface area contributed by atoms with Crippen molar-refractivity contribution >= 4 is 11.9 Å². The molecule has 106 valence electrons. The Morgan fingerprint density at radius 1 is 1.32 bits per heavy atom. The van der Waals surface area contributed by atoms with Crippen molar-refractivity contribution in [2.45, 2.75) is 38.2 Å². The first-order chi connectivity index (χ1) is 9.01. The molecule has 0 radical (unpaired) electrons. The van der Waals surface area contributed by atoms with Gasteiger partial charge in [-0.1, -0.05) is 0 Å². The van der Waals surface area contributed by atoms with Crippen molar-refractivity contribution in [2.24, 2.45) is 17.8 Å². The summed E-state index contributed by atoms with van der Waals surface area (Å²) in [6.07, 6.45) is 3.88. The average Bonchev–Trinajstić information content (AvgIpc) is 2.96. The number of hydrogen-bond acceptors (Lipinski definition) is 3. The fraction of sp³-hybridized carbons (Fsp3) is 0.857. The number of nitrogens with zero attached hydrogens (tertiary/aromatic N) is 1. The second kappa shape index (κ2) is 4.47. The lowest BCUT2D eigenvalue weighted by atomic mass is 9.92. The summed E-state index contributed by atoms with van der Waals surface area (Å²) >= 11 is 0. The molecule has 2 aliphatic heterocycles. The van der Waals surface area contributed by atoms with Crippen molar-refractivity contribution in [2.75, 3.05) is 19.7 Å². The first kappa shape index (κ1) is 12.9. The largest absolute Gasteiger partial charge is 0.481 e. The first-order valence-corrected chi connectivity index (χ1v) is 7.17. The zero-order valence-corrected chi connectivity index (χ0v) is 11.3. The number of carbonyl (C=O) groups is 2. The first-order valence-electron chi connectivity index (χ1n) is 7.17. The normalized spacial score (nSPS) is 38.7. The summed E-state index contributed by atoms with van der Waals surface area (Å²) < 4.78 is 5.58. The molecular weight excluding hydrogens is 246 g/mol. The Bertz CT molecular complexity index is 398. The molecule has 0 aromatic heterocycles. The minimum absolute atomic E-state index is 0.0144. The van der Waals surface area contributed by atoms with Gasteiger partial charge in [0, 0.05) is 19.7 Å². The van der Waals surface area contributed by atoms with E-state index in [4.69, 9.17) is 4.74 Å². The summed E-state index contributed by atoms with van der Waals surface area (Å²) in [4.78, 5) is 25.6. The van der Waals surface area contributed by atoms with Crippen LogP contribution in [0.1, 0.15) is 32.6 Å². The number of carbonyl (C=O) groups excluding carboxylic acids is 1. The quantitative estimate of drug-likeness (QED) is 0.832. The van der Waals surface area contributed by atoms with Crippen molar-refractivity contribution in [3.63, 3.8) is 0 Å². The van der Waals surface area contributed by atoms with Crippen LogP contribution in [0.3, 0.4) is 0 Å². The van der Waals surface area contributed by atoms with Crippen LogP contribution in [0, 0.1) is 17.8 Å². The highest BCUT2D eigenvalue weighted by molar-refractivity contribution is 5.86. The lowest BCUT2D eigenvalue weighted by Crippen LogP contribution is -2.46. The minimum Gasteiger partial charge on any atom is -0.481 e. The third-order valence-electron chi connectivity index (χ3n) is 4.87. The van der Waals surface area contributed by atoms with E-state index in [9.17, 15) is 14.7 Å². The third-order valence-corrected chi connectivity index (χ3v) is 4.87. The summed E-state index contributed by atoms with van der Waals surface area (Å²) in [5.74, 6) is -0.506. The van der Waals surface area contributed by atoms with E-state index in [0.29, 0.717) is 25.6 Å². The van der Waals surface area contributed by atoms with E-state index in [1.807, 2.05) is 6.92 Å². The Hall–Kier alpha value is -1.10. The number of aliphatic carboxylic acids is 1. The van der Waals surface area contributed by atoms with Gasteiger partial charge in [-0.2, -0.15) is 0 Å². The SMILES string of the molecule is CC1(C(=O)N2C[C@H](C(=O)O)[C@@H](C3CC3)C2)CCCO1. The number of ether oxygens (including phenoxy) is 1. The van der Waals surface area contributed by atoms with E-state index in [-0.39, 0.29) is 17.7 Å². The topological polar surface area (TPSA) is 66.8 Å². The molecule has 2 heterocycles. The molecule has 1 N–H and O–H groups in total. The van der Waals surface area contributed by atoms with E-state index in [2.05, 4.69) is 0 Å². The maximum atomic E-state index is 12.5. The molecule has 1 unspecified atom stereocenters. The van der Waals surface area contributed by atoms with E-state index >= 15 is 0 Å². The van der Waals surface area contributed by atoms with Gasteiger partial charge in [-0.3, -0.25) is 9.59 Å². The van der Waals surface area contributed by atoms with Gasteiger partial charge >= 0.3 is 5.97 Å². The van der Waals surface area contributed by atoms with Crippen LogP contribution < -0.4 is 0 Å². The highest BCUT2D eigenvalue weighted by Crippen LogP contribution is 2.44. The fourth-order valence-electron chi connectivity index (χ4n) is 3.54. The molecule has 3 rings (SSSR count). The molecule has 3 fully saturated rings. The fourth-order valence-corrected chi connectivity index (χ4v) is 3.54. The van der Waals surface area contributed by atoms with E-state index in [0.717, 1.165) is 25.7 Å². The number of carboxylic acids is 1. The second-order valence-electron chi connectivity index (χ2n) is 6.34. The summed E-state index contributed by atoms with van der Waals surface area (Å²) in [7, 11) is 0. The van der Waals surface area contributed by atoms with Crippen molar-refractivity contribution < 1.29 is 19.4 Å². The van der Waals surface area contributed by atoms with Gasteiger partial charge in [-0.15, -0.1) is 0 Å². The summed E-state index contributed by atoms with van der Waals surface area (Å²) in [5.41, 5.74) is -0.721. The average molecular weight is 267 g/mol. The molecule has 5 nitrogen and oxygen atoms in total.